The number of carbonyl (C=O) groups excluding carboxylic acids is 1. The van der Waals surface area contributed by atoms with Gasteiger partial charge in [-0.25, -0.2) is 4.98 Å². The van der Waals surface area contributed by atoms with Crippen molar-refractivity contribution in [3.8, 4) is 0 Å². The lowest BCUT2D eigenvalue weighted by atomic mass is 10.1. The van der Waals surface area contributed by atoms with Crippen LogP contribution in [0.2, 0.25) is 0 Å². The second-order valence-corrected chi connectivity index (χ2v) is 7.99. The molecule has 0 spiro atoms. The van der Waals surface area contributed by atoms with Crippen molar-refractivity contribution < 1.29 is 14.6 Å². The van der Waals surface area contributed by atoms with E-state index in [0.29, 0.717) is 30.4 Å². The maximum atomic E-state index is 12.4. The summed E-state index contributed by atoms with van der Waals surface area (Å²) in [7, 11) is 0. The molecule has 1 amide bonds. The molecule has 1 aromatic heterocycles. The Hall–Kier alpha value is -3.53. The van der Waals surface area contributed by atoms with Crippen LogP contribution in [0.3, 0.4) is 0 Å². The van der Waals surface area contributed by atoms with Crippen molar-refractivity contribution >= 4 is 23.4 Å². The average Bonchev–Trinajstić information content (AvgIpc) is 2.89. The molecule has 1 unspecified atom stereocenters. The van der Waals surface area contributed by atoms with Crippen molar-refractivity contribution in [2.75, 3.05) is 56.6 Å². The van der Waals surface area contributed by atoms with Gasteiger partial charge < -0.3 is 25.8 Å². The smallest absolute Gasteiger partial charge is 0.251 e. The van der Waals surface area contributed by atoms with Crippen molar-refractivity contribution in [1.82, 2.24) is 20.2 Å². The van der Waals surface area contributed by atoms with Gasteiger partial charge in [0.15, 0.2) is 0 Å². The summed E-state index contributed by atoms with van der Waals surface area (Å²) in [4.78, 5) is 23.4. The molecule has 178 valence electrons. The molecule has 4 N–H and O–H groups in total. The van der Waals surface area contributed by atoms with E-state index < -0.39 is 6.10 Å². The number of amides is 1. The zero-order valence-corrected chi connectivity index (χ0v) is 19.0. The summed E-state index contributed by atoms with van der Waals surface area (Å²) in [5.41, 5.74) is 2.21. The zero-order chi connectivity index (χ0) is 23.6. The Morgan fingerprint density at radius 3 is 2.59 bits per heavy atom. The predicted octanol–water partition coefficient (Wildman–Crippen LogP) is 2.43. The van der Waals surface area contributed by atoms with E-state index in [1.54, 1.807) is 24.4 Å². The van der Waals surface area contributed by atoms with Crippen molar-refractivity contribution in [3.05, 3.63) is 78.0 Å². The van der Waals surface area contributed by atoms with Crippen LogP contribution in [0.15, 0.2) is 66.9 Å². The number of rotatable bonds is 10. The summed E-state index contributed by atoms with van der Waals surface area (Å²) in [6, 6.07) is 18.4. The summed E-state index contributed by atoms with van der Waals surface area (Å²) in [6.07, 6.45) is 1.00. The molecule has 0 bridgehead atoms. The van der Waals surface area contributed by atoms with Crippen LogP contribution in [0.5, 0.6) is 0 Å². The molecule has 34 heavy (non-hydrogen) atoms. The molecule has 2 aromatic carbocycles. The van der Waals surface area contributed by atoms with Gasteiger partial charge in [0.25, 0.3) is 5.91 Å². The number of benzene rings is 2. The van der Waals surface area contributed by atoms with Crippen LogP contribution in [-0.2, 0) is 4.74 Å². The third-order valence-electron chi connectivity index (χ3n) is 5.54. The normalized spacial score (nSPS) is 14.9. The topological polar surface area (TPSA) is 112 Å². The Morgan fingerprint density at radius 1 is 1.06 bits per heavy atom. The highest BCUT2D eigenvalue weighted by Crippen LogP contribution is 2.17. The van der Waals surface area contributed by atoms with E-state index in [2.05, 4.69) is 30.8 Å². The number of nitrogens with zero attached hydrogens (tertiary/aromatic N) is 3. The van der Waals surface area contributed by atoms with Gasteiger partial charge in [-0.1, -0.05) is 30.3 Å². The average molecular weight is 463 g/mol. The Morgan fingerprint density at radius 2 is 1.82 bits per heavy atom. The third-order valence-corrected chi connectivity index (χ3v) is 5.54. The van der Waals surface area contributed by atoms with Crippen LogP contribution in [-0.4, -0.2) is 71.8 Å². The summed E-state index contributed by atoms with van der Waals surface area (Å²) in [5.74, 6) is 0.921. The third kappa shape index (κ3) is 6.98. The number of aliphatic hydroxyl groups excluding tert-OH is 1. The quantitative estimate of drug-likeness (QED) is 0.364. The van der Waals surface area contributed by atoms with Gasteiger partial charge in [0.2, 0.25) is 5.95 Å². The van der Waals surface area contributed by atoms with E-state index in [-0.39, 0.29) is 5.91 Å². The molecule has 3 aromatic rings. The Kier molecular flexibility index (Phi) is 8.39. The molecule has 0 saturated carbocycles. The van der Waals surface area contributed by atoms with E-state index in [0.717, 1.165) is 44.1 Å². The first-order valence-electron chi connectivity index (χ1n) is 11.4. The molecule has 4 rings (SSSR count). The van der Waals surface area contributed by atoms with Crippen molar-refractivity contribution in [2.24, 2.45) is 0 Å². The summed E-state index contributed by atoms with van der Waals surface area (Å²) >= 11 is 0. The molecule has 1 aliphatic heterocycles. The molecule has 1 fully saturated rings. The first-order valence-corrected chi connectivity index (χ1v) is 11.4. The van der Waals surface area contributed by atoms with Crippen LogP contribution >= 0.6 is 0 Å². The van der Waals surface area contributed by atoms with Crippen LogP contribution in [0.25, 0.3) is 0 Å². The van der Waals surface area contributed by atoms with Gasteiger partial charge in [-0.2, -0.15) is 4.98 Å². The van der Waals surface area contributed by atoms with E-state index in [1.807, 2.05) is 42.5 Å². The number of aliphatic hydroxyl groups is 1. The maximum absolute atomic E-state index is 12.4. The number of nitrogens with one attached hydrogen (secondary N) is 3. The van der Waals surface area contributed by atoms with Crippen molar-refractivity contribution in [1.29, 1.82) is 0 Å². The van der Waals surface area contributed by atoms with Gasteiger partial charge in [-0.05, 0) is 35.9 Å². The standard InChI is InChI=1S/C25H30N6O3/c32-22(19-4-2-1-3-5-19)18-28-23-10-11-27-25(30-23)29-21-8-6-20(7-9-21)24(33)26-12-13-31-14-16-34-17-15-31/h1-11,22,32H,12-18H2,(H,26,33)(H2,27,28,29,30). The van der Waals surface area contributed by atoms with Gasteiger partial charge >= 0.3 is 0 Å². The fourth-order valence-electron chi connectivity index (χ4n) is 3.60. The van der Waals surface area contributed by atoms with Crippen LogP contribution in [0.4, 0.5) is 17.5 Å². The SMILES string of the molecule is O=C(NCCN1CCOCC1)c1ccc(Nc2nccc(NCC(O)c3ccccc3)n2)cc1. The summed E-state index contributed by atoms with van der Waals surface area (Å²) in [6.45, 7) is 5.06. The lowest BCUT2D eigenvalue weighted by molar-refractivity contribution is 0.0383. The minimum absolute atomic E-state index is 0.0979. The van der Waals surface area contributed by atoms with Gasteiger partial charge in [0.05, 0.1) is 19.3 Å². The van der Waals surface area contributed by atoms with Crippen LogP contribution in [0, 0.1) is 0 Å². The van der Waals surface area contributed by atoms with Crippen LogP contribution in [0.1, 0.15) is 22.0 Å². The molecule has 9 nitrogen and oxygen atoms in total. The highest BCUT2D eigenvalue weighted by molar-refractivity contribution is 5.94. The number of hydrogen-bond acceptors (Lipinski definition) is 8. The lowest BCUT2D eigenvalue weighted by Crippen LogP contribution is -2.41. The van der Waals surface area contributed by atoms with E-state index in [1.165, 1.54) is 0 Å². The number of ether oxygens (including phenoxy) is 1. The molecule has 9 heteroatoms. The van der Waals surface area contributed by atoms with Gasteiger partial charge in [-0.3, -0.25) is 9.69 Å². The highest BCUT2D eigenvalue weighted by atomic mass is 16.5. The number of anilines is 3. The molecular weight excluding hydrogens is 432 g/mol. The number of hydrogen-bond donors (Lipinski definition) is 4. The Balaban J connectivity index is 1.25. The maximum Gasteiger partial charge on any atom is 0.251 e. The van der Waals surface area contributed by atoms with Gasteiger partial charge in [0.1, 0.15) is 5.82 Å². The minimum Gasteiger partial charge on any atom is -0.387 e. The molecule has 0 aliphatic carbocycles. The lowest BCUT2D eigenvalue weighted by Gasteiger charge is -2.26. The molecule has 0 radical (unpaired) electrons. The Labute approximate surface area is 199 Å². The van der Waals surface area contributed by atoms with Crippen molar-refractivity contribution in [2.45, 2.75) is 6.10 Å². The molecular formula is C25H30N6O3. The number of morpholine rings is 1. The second kappa shape index (κ2) is 12.1. The first-order chi connectivity index (χ1) is 16.7. The fraction of sp³-hybridized carbons (Fsp3) is 0.320. The predicted molar refractivity (Wildman–Crippen MR) is 131 cm³/mol. The molecule has 1 aliphatic rings. The summed E-state index contributed by atoms with van der Waals surface area (Å²) < 4.78 is 5.34. The fourth-order valence-corrected chi connectivity index (χ4v) is 3.60. The molecule has 1 atom stereocenters. The second-order valence-electron chi connectivity index (χ2n) is 7.99. The van der Waals surface area contributed by atoms with Gasteiger partial charge in [0, 0.05) is 50.2 Å². The molecule has 1 saturated heterocycles. The zero-order valence-electron chi connectivity index (χ0n) is 19.0. The molecule has 2 heterocycles. The van der Waals surface area contributed by atoms with Gasteiger partial charge in [-0.15, -0.1) is 0 Å². The van der Waals surface area contributed by atoms with Crippen LogP contribution < -0.4 is 16.0 Å². The minimum atomic E-state index is -0.639. The highest BCUT2D eigenvalue weighted by Gasteiger charge is 2.11. The van der Waals surface area contributed by atoms with E-state index in [9.17, 15) is 9.90 Å². The Bertz CT molecular complexity index is 1040. The van der Waals surface area contributed by atoms with E-state index in [4.69, 9.17) is 4.74 Å². The number of aromatic nitrogens is 2. The first kappa shape index (κ1) is 23.6. The van der Waals surface area contributed by atoms with E-state index >= 15 is 0 Å². The monoisotopic (exact) mass is 462 g/mol. The summed E-state index contributed by atoms with van der Waals surface area (Å²) in [5, 5.41) is 19.6. The van der Waals surface area contributed by atoms with Crippen molar-refractivity contribution in [3.63, 3.8) is 0 Å². The largest absolute Gasteiger partial charge is 0.387 e. The number of carbonyl (C=O) groups is 1.